The molecule has 1 saturated heterocycles. The highest BCUT2D eigenvalue weighted by atomic mass is 16.6. The van der Waals surface area contributed by atoms with E-state index in [4.69, 9.17) is 10.5 Å². The zero-order chi connectivity index (χ0) is 16.8. The first kappa shape index (κ1) is 18.4. The molecule has 1 amide bonds. The zero-order valence-electron chi connectivity index (χ0n) is 14.4. The number of ether oxygens (including phenoxy) is 1. The Bertz CT molecular complexity index is 455. The molecule has 0 radical (unpaired) electrons. The molecule has 2 N–H and O–H groups in total. The van der Waals surface area contributed by atoms with Crippen molar-refractivity contribution in [1.29, 1.82) is 0 Å². The minimum Gasteiger partial charge on any atom is -0.444 e. The molecule has 0 aromatic carbocycles. The van der Waals surface area contributed by atoms with Crippen LogP contribution in [-0.2, 0) is 4.74 Å². The lowest BCUT2D eigenvalue weighted by molar-refractivity contribution is 0.0289. The number of rotatable bonds is 1. The molecular formula is C17H29N3O2. The molecule has 124 valence electrons. The van der Waals surface area contributed by atoms with Crippen LogP contribution in [0.2, 0.25) is 0 Å². The number of pyridine rings is 1. The molecular weight excluding hydrogens is 278 g/mol. The number of amides is 1. The van der Waals surface area contributed by atoms with Gasteiger partial charge in [0.25, 0.3) is 0 Å². The molecule has 1 unspecified atom stereocenters. The Morgan fingerprint density at radius 1 is 1.45 bits per heavy atom. The van der Waals surface area contributed by atoms with Gasteiger partial charge in [0, 0.05) is 25.3 Å². The van der Waals surface area contributed by atoms with E-state index in [1.165, 1.54) is 0 Å². The number of hydrogen-bond donors (Lipinski definition) is 1. The van der Waals surface area contributed by atoms with Gasteiger partial charge in [-0.3, -0.25) is 4.98 Å². The summed E-state index contributed by atoms with van der Waals surface area (Å²) in [7, 11) is 0. The predicted molar refractivity (Wildman–Crippen MR) is 88.4 cm³/mol. The van der Waals surface area contributed by atoms with Crippen LogP contribution in [0.1, 0.15) is 52.8 Å². The predicted octanol–water partition coefficient (Wildman–Crippen LogP) is 3.36. The quantitative estimate of drug-likeness (QED) is 0.863. The number of nitrogens with two attached hydrogens (primary N) is 1. The summed E-state index contributed by atoms with van der Waals surface area (Å²) < 4.78 is 5.26. The zero-order valence-corrected chi connectivity index (χ0v) is 14.4. The highest BCUT2D eigenvalue weighted by Gasteiger charge is 2.27. The number of hydrogen-bond acceptors (Lipinski definition) is 4. The molecule has 0 saturated carbocycles. The van der Waals surface area contributed by atoms with Crippen LogP contribution in [0.15, 0.2) is 24.4 Å². The van der Waals surface area contributed by atoms with Crippen molar-refractivity contribution in [2.24, 2.45) is 11.7 Å². The van der Waals surface area contributed by atoms with Crippen LogP contribution in [0.25, 0.3) is 0 Å². The van der Waals surface area contributed by atoms with E-state index in [1.54, 1.807) is 11.1 Å². The maximum atomic E-state index is 11.5. The minimum absolute atomic E-state index is 0.0474. The monoisotopic (exact) mass is 307 g/mol. The van der Waals surface area contributed by atoms with E-state index in [9.17, 15) is 4.79 Å². The van der Waals surface area contributed by atoms with Crippen LogP contribution in [0.3, 0.4) is 0 Å². The Morgan fingerprint density at radius 2 is 2.14 bits per heavy atom. The topological polar surface area (TPSA) is 68.5 Å². The third-order valence-corrected chi connectivity index (χ3v) is 3.23. The van der Waals surface area contributed by atoms with Gasteiger partial charge in [-0.15, -0.1) is 0 Å². The molecule has 1 aliphatic heterocycles. The average molecular weight is 307 g/mol. The van der Waals surface area contributed by atoms with Crippen molar-refractivity contribution in [1.82, 2.24) is 9.88 Å². The number of likely N-dealkylation sites (tertiary alicyclic amines) is 1. The van der Waals surface area contributed by atoms with E-state index < -0.39 is 0 Å². The second-order valence-electron chi connectivity index (χ2n) is 6.86. The second-order valence-corrected chi connectivity index (χ2v) is 6.86. The number of nitrogens with zero attached hydrogens (tertiary/aromatic N) is 2. The van der Waals surface area contributed by atoms with Crippen LogP contribution in [-0.4, -0.2) is 34.7 Å². The summed E-state index contributed by atoms with van der Waals surface area (Å²) in [6.45, 7) is 11.4. The first-order chi connectivity index (χ1) is 10.2. The van der Waals surface area contributed by atoms with E-state index in [2.05, 4.69) is 11.9 Å². The second kappa shape index (κ2) is 8.13. The van der Waals surface area contributed by atoms with Crippen molar-refractivity contribution in [3.05, 3.63) is 30.1 Å². The summed E-state index contributed by atoms with van der Waals surface area (Å²) in [5.74, 6) is 0.618. The van der Waals surface area contributed by atoms with Gasteiger partial charge in [-0.1, -0.05) is 13.0 Å². The molecule has 1 aromatic rings. The standard InChI is InChI=1S/C10H19NO2.C7H10N2/c1-8-5-6-11(7-8)9(12)13-10(2,3)4;1-6(8)7-4-2-3-5-9-7/h8H,5-7H2,1-4H3;2-6H,8H2,1H3/t8-;/m1./s1. The van der Waals surface area contributed by atoms with Gasteiger partial charge < -0.3 is 15.4 Å². The van der Waals surface area contributed by atoms with Gasteiger partial charge in [0.15, 0.2) is 0 Å². The van der Waals surface area contributed by atoms with E-state index >= 15 is 0 Å². The lowest BCUT2D eigenvalue weighted by Crippen LogP contribution is -2.35. The third-order valence-electron chi connectivity index (χ3n) is 3.23. The summed E-state index contributed by atoms with van der Waals surface area (Å²) >= 11 is 0. The van der Waals surface area contributed by atoms with Gasteiger partial charge in [0.1, 0.15) is 5.60 Å². The molecule has 1 fully saturated rings. The van der Waals surface area contributed by atoms with Crippen LogP contribution < -0.4 is 5.73 Å². The fourth-order valence-electron chi connectivity index (χ4n) is 2.07. The Kier molecular flexibility index (Phi) is 6.81. The smallest absolute Gasteiger partial charge is 0.410 e. The highest BCUT2D eigenvalue weighted by Crippen LogP contribution is 2.18. The molecule has 0 spiro atoms. The first-order valence-electron chi connectivity index (χ1n) is 7.83. The molecule has 1 aromatic heterocycles. The lowest BCUT2D eigenvalue weighted by Gasteiger charge is -2.24. The average Bonchev–Trinajstić information content (AvgIpc) is 2.85. The maximum absolute atomic E-state index is 11.5. The molecule has 5 heteroatoms. The highest BCUT2D eigenvalue weighted by molar-refractivity contribution is 5.68. The van der Waals surface area contributed by atoms with Gasteiger partial charge in [-0.25, -0.2) is 4.79 Å². The number of carbonyl (C=O) groups excluding carboxylic acids is 1. The van der Waals surface area contributed by atoms with Crippen LogP contribution in [0.4, 0.5) is 4.79 Å². The summed E-state index contributed by atoms with van der Waals surface area (Å²) in [6, 6.07) is 5.79. The van der Waals surface area contributed by atoms with E-state index in [0.717, 1.165) is 25.2 Å². The van der Waals surface area contributed by atoms with Crippen molar-refractivity contribution in [3.63, 3.8) is 0 Å². The van der Waals surface area contributed by atoms with Crippen molar-refractivity contribution < 1.29 is 9.53 Å². The summed E-state index contributed by atoms with van der Waals surface area (Å²) in [6.07, 6.45) is 2.68. The largest absolute Gasteiger partial charge is 0.444 e. The Morgan fingerprint density at radius 3 is 2.50 bits per heavy atom. The Hall–Kier alpha value is -1.62. The lowest BCUT2D eigenvalue weighted by atomic mass is 10.2. The van der Waals surface area contributed by atoms with Gasteiger partial charge in [-0.2, -0.15) is 0 Å². The Labute approximate surface area is 133 Å². The summed E-state index contributed by atoms with van der Waals surface area (Å²) in [5.41, 5.74) is 6.12. The third kappa shape index (κ3) is 6.89. The van der Waals surface area contributed by atoms with Crippen LogP contribution in [0, 0.1) is 5.92 Å². The van der Waals surface area contributed by atoms with E-state index in [0.29, 0.717) is 5.92 Å². The summed E-state index contributed by atoms with van der Waals surface area (Å²) in [4.78, 5) is 17.4. The maximum Gasteiger partial charge on any atom is 0.410 e. The van der Waals surface area contributed by atoms with Gasteiger partial charge >= 0.3 is 6.09 Å². The van der Waals surface area contributed by atoms with Crippen LogP contribution >= 0.6 is 0 Å². The normalized spacial score (nSPS) is 19.2. The summed E-state index contributed by atoms with van der Waals surface area (Å²) in [5, 5.41) is 0. The fourth-order valence-corrected chi connectivity index (χ4v) is 2.07. The molecule has 0 aliphatic carbocycles. The van der Waals surface area contributed by atoms with Gasteiger partial charge in [0.05, 0.1) is 5.69 Å². The van der Waals surface area contributed by atoms with Crippen molar-refractivity contribution in [2.75, 3.05) is 13.1 Å². The van der Waals surface area contributed by atoms with Crippen LogP contribution in [0.5, 0.6) is 0 Å². The molecule has 2 heterocycles. The van der Waals surface area contributed by atoms with E-state index in [-0.39, 0.29) is 17.7 Å². The molecule has 0 bridgehead atoms. The molecule has 5 nitrogen and oxygen atoms in total. The minimum atomic E-state index is -0.372. The van der Waals surface area contributed by atoms with Crippen molar-refractivity contribution >= 4 is 6.09 Å². The number of aromatic nitrogens is 1. The van der Waals surface area contributed by atoms with Crippen molar-refractivity contribution in [3.8, 4) is 0 Å². The van der Waals surface area contributed by atoms with Crippen molar-refractivity contribution in [2.45, 2.75) is 52.7 Å². The fraction of sp³-hybridized carbons (Fsp3) is 0.647. The van der Waals surface area contributed by atoms with E-state index in [1.807, 2.05) is 45.9 Å². The molecule has 22 heavy (non-hydrogen) atoms. The molecule has 2 atom stereocenters. The van der Waals surface area contributed by atoms with Gasteiger partial charge in [0.2, 0.25) is 0 Å². The first-order valence-corrected chi connectivity index (χ1v) is 7.83. The Balaban J connectivity index is 0.000000235. The SMILES string of the molecule is CC(N)c1ccccn1.C[C@@H]1CCN(C(=O)OC(C)(C)C)C1. The number of carbonyl (C=O) groups is 1. The molecule has 2 rings (SSSR count). The molecule has 1 aliphatic rings. The van der Waals surface area contributed by atoms with Gasteiger partial charge in [-0.05, 0) is 52.2 Å².